The summed E-state index contributed by atoms with van der Waals surface area (Å²) in [5.41, 5.74) is 7.88. The number of ether oxygens (including phenoxy) is 2. The molecule has 1 amide bonds. The molecule has 0 unspecified atom stereocenters. The van der Waals surface area contributed by atoms with E-state index in [0.29, 0.717) is 51.1 Å². The molecule has 0 spiro atoms. The van der Waals surface area contributed by atoms with Crippen LogP contribution in [-0.2, 0) is 25.5 Å². The molecule has 0 saturated heterocycles. The first kappa shape index (κ1) is 19.1. The van der Waals surface area contributed by atoms with E-state index in [9.17, 15) is 9.59 Å². The van der Waals surface area contributed by atoms with E-state index in [4.69, 9.17) is 15.2 Å². The van der Waals surface area contributed by atoms with Gasteiger partial charge in [-0.05, 0) is 43.4 Å². The summed E-state index contributed by atoms with van der Waals surface area (Å²) < 4.78 is 10.8. The molecule has 1 aromatic carbocycles. The summed E-state index contributed by atoms with van der Waals surface area (Å²) in [6.07, 6.45) is 1.69. The summed E-state index contributed by atoms with van der Waals surface area (Å²) in [4.78, 5) is 23.0. The van der Waals surface area contributed by atoms with Crippen molar-refractivity contribution >= 4 is 17.8 Å². The van der Waals surface area contributed by atoms with Gasteiger partial charge in [-0.1, -0.05) is 24.3 Å². The molecule has 0 radical (unpaired) electrons. The molecule has 0 aliphatic carbocycles. The van der Waals surface area contributed by atoms with Crippen LogP contribution in [0.2, 0.25) is 0 Å². The zero-order valence-corrected chi connectivity index (χ0v) is 13.8. The van der Waals surface area contributed by atoms with Gasteiger partial charge in [-0.15, -0.1) is 0 Å². The highest BCUT2D eigenvalue weighted by Gasteiger charge is 2.16. The number of hydrogen-bond acceptors (Lipinski definition) is 4. The predicted molar refractivity (Wildman–Crippen MR) is 89.9 cm³/mol. The van der Waals surface area contributed by atoms with Gasteiger partial charge in [0.15, 0.2) is 6.29 Å². The van der Waals surface area contributed by atoms with Crippen molar-refractivity contribution in [3.05, 3.63) is 41.0 Å². The Bertz CT molecular complexity index is 552. The fourth-order valence-electron chi connectivity index (χ4n) is 2.37. The molecule has 5 heteroatoms. The molecule has 0 fully saturated rings. The average molecular weight is 319 g/mol. The van der Waals surface area contributed by atoms with Crippen LogP contribution in [0, 0.1) is 0 Å². The predicted octanol–water partition coefficient (Wildman–Crippen LogP) is 2.13. The minimum Gasteiger partial charge on any atom is -0.381 e. The molecule has 0 aromatic heterocycles. The number of benzene rings is 1. The Labute approximate surface area is 137 Å². The van der Waals surface area contributed by atoms with E-state index < -0.39 is 5.91 Å². The third kappa shape index (κ3) is 5.96. The lowest BCUT2D eigenvalue weighted by atomic mass is 9.92. The van der Waals surface area contributed by atoms with Gasteiger partial charge in [0.1, 0.15) is 0 Å². The summed E-state index contributed by atoms with van der Waals surface area (Å²) in [5, 5.41) is 0. The number of carbonyl (C=O) groups excluding carboxylic acids is 2. The Kier molecular flexibility index (Phi) is 8.87. The molecule has 126 valence electrons. The first-order valence-electron chi connectivity index (χ1n) is 7.87. The minimum absolute atomic E-state index is 0.00793. The summed E-state index contributed by atoms with van der Waals surface area (Å²) in [5.74, 6) is -0.717. The van der Waals surface area contributed by atoms with Crippen LogP contribution < -0.4 is 5.73 Å². The van der Waals surface area contributed by atoms with Gasteiger partial charge in [0.25, 0.3) is 5.91 Å². The van der Waals surface area contributed by atoms with E-state index in [1.165, 1.54) is 0 Å². The van der Waals surface area contributed by atoms with Crippen LogP contribution in [0.4, 0.5) is 0 Å². The van der Waals surface area contributed by atoms with Gasteiger partial charge in [0, 0.05) is 13.2 Å². The Morgan fingerprint density at radius 1 is 1.13 bits per heavy atom. The van der Waals surface area contributed by atoms with Gasteiger partial charge >= 0.3 is 0 Å². The van der Waals surface area contributed by atoms with Gasteiger partial charge in [-0.2, -0.15) is 0 Å². The maximum Gasteiger partial charge on any atom is 0.252 e. The monoisotopic (exact) mass is 319 g/mol. The lowest BCUT2D eigenvalue weighted by molar-refractivity contribution is -0.116. The average Bonchev–Trinajstić information content (AvgIpc) is 2.55. The molecule has 5 nitrogen and oxygen atoms in total. The van der Waals surface area contributed by atoms with Crippen LogP contribution in [0.1, 0.15) is 31.4 Å². The van der Waals surface area contributed by atoms with Crippen LogP contribution in [0.25, 0.3) is 5.57 Å². The lowest BCUT2D eigenvalue weighted by Crippen LogP contribution is -2.18. The molecule has 1 aromatic rings. The van der Waals surface area contributed by atoms with Gasteiger partial charge in [-0.3, -0.25) is 9.59 Å². The van der Waals surface area contributed by atoms with E-state index in [1.54, 1.807) is 0 Å². The highest BCUT2D eigenvalue weighted by molar-refractivity contribution is 6.16. The third-order valence-electron chi connectivity index (χ3n) is 3.47. The van der Waals surface area contributed by atoms with Crippen LogP contribution in [0.3, 0.4) is 0 Å². The van der Waals surface area contributed by atoms with Crippen molar-refractivity contribution < 1.29 is 19.1 Å². The van der Waals surface area contributed by atoms with Crippen molar-refractivity contribution in [2.75, 3.05) is 26.4 Å². The summed E-state index contributed by atoms with van der Waals surface area (Å²) in [7, 11) is 0. The first-order valence-corrected chi connectivity index (χ1v) is 7.87. The fraction of sp³-hybridized carbons (Fsp3) is 0.444. The quantitative estimate of drug-likeness (QED) is 0.223. The van der Waals surface area contributed by atoms with Gasteiger partial charge < -0.3 is 15.2 Å². The summed E-state index contributed by atoms with van der Waals surface area (Å²) >= 11 is 0. The SMILES string of the molecule is CCOCCC(=C(C=O)C(N)=O)c1ccccc1CCOCC. The normalized spacial score (nSPS) is 11.9. The van der Waals surface area contributed by atoms with E-state index in [1.807, 2.05) is 38.1 Å². The number of amides is 1. The molecule has 0 aliphatic heterocycles. The standard InChI is InChI=1S/C18H25NO4/c1-3-22-11-9-14-7-5-6-8-15(14)16(10-12-23-4-2)17(13-20)18(19)21/h5-8,13H,3-4,9-12H2,1-2H3,(H2,19,21). The van der Waals surface area contributed by atoms with E-state index in [0.717, 1.165) is 11.1 Å². The van der Waals surface area contributed by atoms with E-state index in [2.05, 4.69) is 0 Å². The van der Waals surface area contributed by atoms with Crippen LogP contribution in [0.15, 0.2) is 29.8 Å². The van der Waals surface area contributed by atoms with E-state index in [-0.39, 0.29) is 5.57 Å². The van der Waals surface area contributed by atoms with Crippen molar-refractivity contribution in [1.29, 1.82) is 0 Å². The second kappa shape index (κ2) is 10.7. The number of primary amides is 1. The zero-order chi connectivity index (χ0) is 17.1. The van der Waals surface area contributed by atoms with Gasteiger partial charge in [0.2, 0.25) is 0 Å². The lowest BCUT2D eigenvalue weighted by Gasteiger charge is -2.15. The number of rotatable bonds is 11. The van der Waals surface area contributed by atoms with E-state index >= 15 is 0 Å². The fourth-order valence-corrected chi connectivity index (χ4v) is 2.37. The third-order valence-corrected chi connectivity index (χ3v) is 3.47. The topological polar surface area (TPSA) is 78.6 Å². The number of nitrogens with two attached hydrogens (primary N) is 1. The number of hydrogen-bond donors (Lipinski definition) is 1. The van der Waals surface area contributed by atoms with Crippen molar-refractivity contribution in [2.24, 2.45) is 5.73 Å². The second-order valence-electron chi connectivity index (χ2n) is 4.93. The van der Waals surface area contributed by atoms with Crippen molar-refractivity contribution in [2.45, 2.75) is 26.7 Å². The van der Waals surface area contributed by atoms with Crippen molar-refractivity contribution in [1.82, 2.24) is 0 Å². The Morgan fingerprint density at radius 3 is 2.39 bits per heavy atom. The van der Waals surface area contributed by atoms with Crippen molar-refractivity contribution in [3.63, 3.8) is 0 Å². The maximum atomic E-state index is 11.6. The van der Waals surface area contributed by atoms with Crippen LogP contribution >= 0.6 is 0 Å². The molecule has 0 atom stereocenters. The molecule has 1 rings (SSSR count). The second-order valence-corrected chi connectivity index (χ2v) is 4.93. The molecule has 0 heterocycles. The van der Waals surface area contributed by atoms with Crippen LogP contribution in [0.5, 0.6) is 0 Å². The van der Waals surface area contributed by atoms with Gasteiger partial charge in [0.05, 0.1) is 18.8 Å². The molecule has 23 heavy (non-hydrogen) atoms. The Balaban J connectivity index is 3.20. The Hall–Kier alpha value is -1.98. The van der Waals surface area contributed by atoms with Crippen molar-refractivity contribution in [3.8, 4) is 0 Å². The molecular weight excluding hydrogens is 294 g/mol. The molecular formula is C18H25NO4. The molecule has 0 saturated carbocycles. The summed E-state index contributed by atoms with van der Waals surface area (Å²) in [6, 6.07) is 7.67. The molecule has 2 N–H and O–H groups in total. The summed E-state index contributed by atoms with van der Waals surface area (Å²) in [6.45, 7) is 6.07. The maximum absolute atomic E-state index is 11.6. The first-order chi connectivity index (χ1) is 11.2. The zero-order valence-electron chi connectivity index (χ0n) is 13.8. The number of aldehydes is 1. The smallest absolute Gasteiger partial charge is 0.252 e. The molecule has 0 bridgehead atoms. The number of carbonyl (C=O) groups is 2. The highest BCUT2D eigenvalue weighted by atomic mass is 16.5. The highest BCUT2D eigenvalue weighted by Crippen LogP contribution is 2.26. The Morgan fingerprint density at radius 2 is 1.78 bits per heavy atom. The van der Waals surface area contributed by atoms with Crippen LogP contribution in [-0.4, -0.2) is 38.6 Å². The largest absolute Gasteiger partial charge is 0.381 e. The minimum atomic E-state index is -0.717. The van der Waals surface area contributed by atoms with Gasteiger partial charge in [-0.25, -0.2) is 0 Å². The molecule has 0 aliphatic rings.